The Labute approximate surface area is 100.0 Å². The first-order valence-corrected chi connectivity index (χ1v) is 5.55. The Hall–Kier alpha value is -2.03. The lowest BCUT2D eigenvalue weighted by molar-refractivity contribution is 0.0685. The normalized spacial score (nSPS) is 10.6. The lowest BCUT2D eigenvalue weighted by atomic mass is 10.2. The van der Waals surface area contributed by atoms with Crippen molar-refractivity contribution in [1.29, 1.82) is 0 Å². The van der Waals surface area contributed by atoms with Crippen LogP contribution in [0.25, 0.3) is 10.9 Å². The molecule has 0 fully saturated rings. The largest absolute Gasteiger partial charge is 0.477 e. The molecule has 0 atom stereocenters. The van der Waals surface area contributed by atoms with Gasteiger partial charge in [0.15, 0.2) is 0 Å². The SMILES string of the molecule is C=C(C)CCn1c(C(=O)O)cc2ccccc21. The van der Waals surface area contributed by atoms with Gasteiger partial charge >= 0.3 is 5.97 Å². The second-order valence-electron chi connectivity index (χ2n) is 4.25. The van der Waals surface area contributed by atoms with Gasteiger partial charge in [-0.15, -0.1) is 6.58 Å². The number of rotatable bonds is 4. The fourth-order valence-electron chi connectivity index (χ4n) is 1.93. The van der Waals surface area contributed by atoms with Crippen LogP contribution in [0.4, 0.5) is 0 Å². The summed E-state index contributed by atoms with van der Waals surface area (Å²) in [6.45, 7) is 6.46. The monoisotopic (exact) mass is 229 g/mol. The Morgan fingerprint density at radius 1 is 1.41 bits per heavy atom. The van der Waals surface area contributed by atoms with Gasteiger partial charge < -0.3 is 9.67 Å². The van der Waals surface area contributed by atoms with E-state index in [1.807, 2.05) is 35.8 Å². The van der Waals surface area contributed by atoms with Gasteiger partial charge in [0, 0.05) is 17.4 Å². The Bertz CT molecular complexity index is 581. The van der Waals surface area contributed by atoms with Gasteiger partial charge in [0.2, 0.25) is 0 Å². The van der Waals surface area contributed by atoms with Gasteiger partial charge in [-0.25, -0.2) is 4.79 Å². The third-order valence-corrected chi connectivity index (χ3v) is 2.79. The van der Waals surface area contributed by atoms with Crippen molar-refractivity contribution < 1.29 is 9.90 Å². The minimum Gasteiger partial charge on any atom is -0.477 e. The molecule has 0 radical (unpaired) electrons. The average Bonchev–Trinajstić information content (AvgIpc) is 2.65. The molecule has 0 bridgehead atoms. The quantitative estimate of drug-likeness (QED) is 0.817. The van der Waals surface area contributed by atoms with Crippen molar-refractivity contribution >= 4 is 16.9 Å². The van der Waals surface area contributed by atoms with Crippen LogP contribution in [-0.4, -0.2) is 15.6 Å². The predicted octanol–water partition coefficient (Wildman–Crippen LogP) is 3.31. The zero-order valence-electron chi connectivity index (χ0n) is 9.81. The van der Waals surface area contributed by atoms with Crippen LogP contribution < -0.4 is 0 Å². The van der Waals surface area contributed by atoms with E-state index >= 15 is 0 Å². The maximum atomic E-state index is 11.2. The van der Waals surface area contributed by atoms with E-state index in [1.54, 1.807) is 6.07 Å². The van der Waals surface area contributed by atoms with Crippen molar-refractivity contribution in [3.05, 3.63) is 48.2 Å². The minimum atomic E-state index is -0.886. The second-order valence-corrected chi connectivity index (χ2v) is 4.25. The van der Waals surface area contributed by atoms with E-state index in [-0.39, 0.29) is 0 Å². The van der Waals surface area contributed by atoms with E-state index in [9.17, 15) is 9.90 Å². The van der Waals surface area contributed by atoms with E-state index in [2.05, 4.69) is 6.58 Å². The molecule has 3 heteroatoms. The van der Waals surface area contributed by atoms with E-state index in [4.69, 9.17) is 0 Å². The number of para-hydroxylation sites is 1. The summed E-state index contributed by atoms with van der Waals surface area (Å²) in [5.41, 5.74) is 2.36. The topological polar surface area (TPSA) is 42.2 Å². The summed E-state index contributed by atoms with van der Waals surface area (Å²) in [6, 6.07) is 9.43. The van der Waals surface area contributed by atoms with Crippen LogP contribution in [0.2, 0.25) is 0 Å². The van der Waals surface area contributed by atoms with Gasteiger partial charge in [0.25, 0.3) is 0 Å². The predicted molar refractivity (Wildman–Crippen MR) is 68.3 cm³/mol. The van der Waals surface area contributed by atoms with Crippen molar-refractivity contribution in [2.24, 2.45) is 0 Å². The molecular weight excluding hydrogens is 214 g/mol. The van der Waals surface area contributed by atoms with Crippen LogP contribution >= 0.6 is 0 Å². The summed E-state index contributed by atoms with van der Waals surface area (Å²) in [7, 11) is 0. The molecule has 3 nitrogen and oxygen atoms in total. The molecule has 0 unspecified atom stereocenters. The fraction of sp³-hybridized carbons (Fsp3) is 0.214. The fourth-order valence-corrected chi connectivity index (χ4v) is 1.93. The lowest BCUT2D eigenvalue weighted by Gasteiger charge is -2.07. The summed E-state index contributed by atoms with van der Waals surface area (Å²) in [5.74, 6) is -0.886. The maximum Gasteiger partial charge on any atom is 0.352 e. The first-order chi connectivity index (χ1) is 8.09. The second kappa shape index (κ2) is 4.45. The van der Waals surface area contributed by atoms with Crippen LogP contribution in [0.5, 0.6) is 0 Å². The number of carboxylic acids is 1. The molecule has 0 aliphatic heterocycles. The lowest BCUT2D eigenvalue weighted by Crippen LogP contribution is -2.08. The van der Waals surface area contributed by atoms with Crippen LogP contribution in [0.3, 0.4) is 0 Å². The highest BCUT2D eigenvalue weighted by Crippen LogP contribution is 2.20. The number of aromatic nitrogens is 1. The zero-order chi connectivity index (χ0) is 12.4. The van der Waals surface area contributed by atoms with E-state index < -0.39 is 5.97 Å². The Balaban J connectivity index is 2.51. The number of aryl methyl sites for hydroxylation is 1. The molecular formula is C14H15NO2. The number of carbonyl (C=O) groups is 1. The van der Waals surface area contributed by atoms with Gasteiger partial charge in [-0.05, 0) is 25.5 Å². The molecule has 1 aromatic carbocycles. The number of hydrogen-bond donors (Lipinski definition) is 1. The number of fused-ring (bicyclic) bond motifs is 1. The molecule has 0 aliphatic rings. The van der Waals surface area contributed by atoms with Gasteiger partial charge in [-0.2, -0.15) is 0 Å². The molecule has 1 heterocycles. The first-order valence-electron chi connectivity index (χ1n) is 5.55. The van der Waals surface area contributed by atoms with E-state index in [0.717, 1.165) is 22.9 Å². The minimum absolute atomic E-state index is 0.340. The number of hydrogen-bond acceptors (Lipinski definition) is 1. The molecule has 0 aliphatic carbocycles. The molecule has 88 valence electrons. The van der Waals surface area contributed by atoms with Crippen molar-refractivity contribution in [2.45, 2.75) is 19.9 Å². The van der Waals surface area contributed by atoms with Gasteiger partial charge in [0.05, 0.1) is 0 Å². The number of carboxylic acid groups (broad SMARTS) is 1. The van der Waals surface area contributed by atoms with Crippen molar-refractivity contribution in [3.8, 4) is 0 Å². The summed E-state index contributed by atoms with van der Waals surface area (Å²) in [4.78, 5) is 11.2. The third-order valence-electron chi connectivity index (χ3n) is 2.79. The summed E-state index contributed by atoms with van der Waals surface area (Å²) in [5, 5.41) is 10.2. The average molecular weight is 229 g/mol. The molecule has 2 rings (SSSR count). The van der Waals surface area contributed by atoms with Crippen molar-refractivity contribution in [1.82, 2.24) is 4.57 Å². The van der Waals surface area contributed by atoms with Gasteiger partial charge in [-0.1, -0.05) is 23.8 Å². The van der Waals surface area contributed by atoms with Crippen LogP contribution in [0.1, 0.15) is 23.8 Å². The number of allylic oxidation sites excluding steroid dienone is 1. The third kappa shape index (κ3) is 2.23. The highest BCUT2D eigenvalue weighted by atomic mass is 16.4. The Morgan fingerprint density at radius 3 is 2.76 bits per heavy atom. The van der Waals surface area contributed by atoms with Gasteiger partial charge in [0.1, 0.15) is 5.69 Å². The maximum absolute atomic E-state index is 11.2. The summed E-state index contributed by atoms with van der Waals surface area (Å²) < 4.78 is 1.84. The van der Waals surface area contributed by atoms with Crippen molar-refractivity contribution in [3.63, 3.8) is 0 Å². The van der Waals surface area contributed by atoms with Crippen LogP contribution in [0.15, 0.2) is 42.5 Å². The number of nitrogens with zero attached hydrogens (tertiary/aromatic N) is 1. The standard InChI is InChI=1S/C14H15NO2/c1-10(2)7-8-15-12-6-4-3-5-11(12)9-13(15)14(16)17/h3-6,9H,1,7-8H2,2H3,(H,16,17). The molecule has 2 aromatic rings. The number of benzene rings is 1. The highest BCUT2D eigenvalue weighted by molar-refractivity contribution is 5.94. The summed E-state index contributed by atoms with van der Waals surface area (Å²) in [6.07, 6.45) is 0.791. The molecule has 0 spiro atoms. The highest BCUT2D eigenvalue weighted by Gasteiger charge is 2.13. The number of aromatic carboxylic acids is 1. The molecule has 1 aromatic heterocycles. The van der Waals surface area contributed by atoms with E-state index in [0.29, 0.717) is 12.2 Å². The molecule has 0 saturated heterocycles. The summed E-state index contributed by atoms with van der Waals surface area (Å²) >= 11 is 0. The Morgan fingerprint density at radius 2 is 2.12 bits per heavy atom. The van der Waals surface area contributed by atoms with Crippen LogP contribution in [0, 0.1) is 0 Å². The molecule has 1 N–H and O–H groups in total. The smallest absolute Gasteiger partial charge is 0.352 e. The molecule has 0 amide bonds. The molecule has 17 heavy (non-hydrogen) atoms. The first kappa shape index (κ1) is 11.5. The van der Waals surface area contributed by atoms with Crippen molar-refractivity contribution in [2.75, 3.05) is 0 Å². The van der Waals surface area contributed by atoms with Gasteiger partial charge in [-0.3, -0.25) is 0 Å². The van der Waals surface area contributed by atoms with E-state index in [1.165, 1.54) is 0 Å². The molecule has 0 saturated carbocycles. The van der Waals surface area contributed by atoms with Crippen LogP contribution in [-0.2, 0) is 6.54 Å². The zero-order valence-corrected chi connectivity index (χ0v) is 9.81. The Kier molecular flexibility index (Phi) is 3.00.